The second-order valence-electron chi connectivity index (χ2n) is 4.86. The lowest BCUT2D eigenvalue weighted by atomic mass is 10.5. The molecule has 2 aromatic heterocycles. The zero-order valence-electron chi connectivity index (χ0n) is 12.1. The van der Waals surface area contributed by atoms with Crippen LogP contribution in [0.5, 0.6) is 0 Å². The third-order valence-electron chi connectivity index (χ3n) is 3.06. The molecule has 0 fully saturated rings. The number of nitrogens with zero attached hydrogens (tertiary/aromatic N) is 5. The number of hydrogen-bond acceptors (Lipinski definition) is 3. The number of rotatable bonds is 4. The van der Waals surface area contributed by atoms with Crippen molar-refractivity contribution < 1.29 is 4.58 Å². The molecule has 0 aliphatic heterocycles. The van der Waals surface area contributed by atoms with Crippen molar-refractivity contribution in [2.45, 2.75) is 6.54 Å². The van der Waals surface area contributed by atoms with Crippen molar-refractivity contribution in [2.24, 2.45) is 14.1 Å². The molecule has 8 nitrogen and oxygen atoms in total. The fraction of sp³-hybridized carbons (Fsp3) is 0.500. The topological polar surface area (TPSA) is 76.9 Å². The standard InChI is InChI=1S/C12H18N6O2/c1-15(2)7-13-5-6-18-8-14-10-9(18)11(19)17(4)12(20)16(10)3/h7-8H,5-6H2,1-4H3/p+1. The van der Waals surface area contributed by atoms with Gasteiger partial charge in [0.1, 0.15) is 6.54 Å². The summed E-state index contributed by atoms with van der Waals surface area (Å²) in [5, 5.41) is 3.12. The predicted molar refractivity (Wildman–Crippen MR) is 76.4 cm³/mol. The fourth-order valence-electron chi connectivity index (χ4n) is 2.00. The molecule has 2 rings (SSSR count). The van der Waals surface area contributed by atoms with Crippen molar-refractivity contribution in [3.63, 3.8) is 0 Å². The van der Waals surface area contributed by atoms with E-state index in [1.54, 1.807) is 17.9 Å². The monoisotopic (exact) mass is 279 g/mol. The highest BCUT2D eigenvalue weighted by Gasteiger charge is 2.13. The van der Waals surface area contributed by atoms with Crippen LogP contribution in [0.2, 0.25) is 0 Å². The van der Waals surface area contributed by atoms with E-state index in [4.69, 9.17) is 0 Å². The van der Waals surface area contributed by atoms with E-state index in [-0.39, 0.29) is 11.2 Å². The first kappa shape index (κ1) is 14.0. The summed E-state index contributed by atoms with van der Waals surface area (Å²) in [6.45, 7) is 1.25. The summed E-state index contributed by atoms with van der Waals surface area (Å²) >= 11 is 0. The average molecular weight is 279 g/mol. The maximum atomic E-state index is 12.2. The van der Waals surface area contributed by atoms with Crippen molar-refractivity contribution in [1.82, 2.24) is 24.0 Å². The van der Waals surface area contributed by atoms with Crippen LogP contribution in [0.4, 0.5) is 0 Å². The molecule has 0 aliphatic rings. The molecule has 0 aromatic carbocycles. The van der Waals surface area contributed by atoms with E-state index in [9.17, 15) is 9.59 Å². The highest BCUT2D eigenvalue weighted by Crippen LogP contribution is 2.04. The summed E-state index contributed by atoms with van der Waals surface area (Å²) in [6.07, 6.45) is 3.43. The van der Waals surface area contributed by atoms with Crippen molar-refractivity contribution in [1.29, 1.82) is 0 Å². The van der Waals surface area contributed by atoms with Crippen LogP contribution >= 0.6 is 0 Å². The molecule has 0 spiro atoms. The summed E-state index contributed by atoms with van der Waals surface area (Å²) < 4.78 is 6.13. The molecule has 8 heteroatoms. The van der Waals surface area contributed by atoms with Gasteiger partial charge in [-0.05, 0) is 0 Å². The quantitative estimate of drug-likeness (QED) is 0.314. The van der Waals surface area contributed by atoms with Gasteiger partial charge < -0.3 is 4.57 Å². The molecule has 0 saturated heterocycles. The van der Waals surface area contributed by atoms with Crippen LogP contribution in [0.15, 0.2) is 15.9 Å². The smallest absolute Gasteiger partial charge is 0.321 e. The number of imidazole rings is 1. The summed E-state index contributed by atoms with van der Waals surface area (Å²) in [4.78, 5) is 28.1. The summed E-state index contributed by atoms with van der Waals surface area (Å²) in [5.74, 6) is 0. The summed E-state index contributed by atoms with van der Waals surface area (Å²) in [7, 11) is 6.93. The Hall–Kier alpha value is -2.38. The third-order valence-corrected chi connectivity index (χ3v) is 3.06. The normalized spacial score (nSPS) is 10.8. The second kappa shape index (κ2) is 5.32. The Morgan fingerprint density at radius 1 is 1.30 bits per heavy atom. The molecule has 1 N–H and O–H groups in total. The first-order valence-electron chi connectivity index (χ1n) is 6.27. The van der Waals surface area contributed by atoms with Crippen LogP contribution in [0, 0.1) is 0 Å². The van der Waals surface area contributed by atoms with Gasteiger partial charge in [0.05, 0.1) is 27.0 Å². The van der Waals surface area contributed by atoms with E-state index in [2.05, 4.69) is 10.3 Å². The van der Waals surface area contributed by atoms with Crippen molar-refractivity contribution in [3.05, 3.63) is 27.2 Å². The van der Waals surface area contributed by atoms with Crippen LogP contribution < -0.4 is 16.6 Å². The molecule has 0 aliphatic carbocycles. The van der Waals surface area contributed by atoms with Gasteiger partial charge in [-0.1, -0.05) is 0 Å². The molecule has 0 atom stereocenters. The number of aryl methyl sites for hydroxylation is 1. The summed E-state index contributed by atoms with van der Waals surface area (Å²) in [5.41, 5.74) is 0.167. The minimum Gasteiger partial charge on any atom is -0.321 e. The Kier molecular flexibility index (Phi) is 3.73. The SMILES string of the molecule is Cn1c(=O)c2c(ncn2CCNC=[N+](C)C)n(C)c1=O. The van der Waals surface area contributed by atoms with Gasteiger partial charge in [-0.3, -0.25) is 23.8 Å². The average Bonchev–Trinajstić information content (AvgIpc) is 2.82. The van der Waals surface area contributed by atoms with Crippen molar-refractivity contribution >= 4 is 17.5 Å². The molecule has 0 amide bonds. The van der Waals surface area contributed by atoms with Gasteiger partial charge in [0.15, 0.2) is 11.2 Å². The van der Waals surface area contributed by atoms with Gasteiger partial charge in [-0.15, -0.1) is 0 Å². The Balaban J connectivity index is 2.40. The Morgan fingerprint density at radius 2 is 2.00 bits per heavy atom. The van der Waals surface area contributed by atoms with E-state index in [1.807, 2.05) is 25.0 Å². The van der Waals surface area contributed by atoms with Crippen molar-refractivity contribution in [2.75, 3.05) is 20.6 Å². The molecule has 108 valence electrons. The van der Waals surface area contributed by atoms with Crippen LogP contribution in [0.1, 0.15) is 0 Å². The number of aromatic nitrogens is 4. The molecule has 0 bridgehead atoms. The van der Waals surface area contributed by atoms with E-state index in [0.717, 1.165) is 4.57 Å². The van der Waals surface area contributed by atoms with Gasteiger partial charge in [0, 0.05) is 14.1 Å². The number of fused-ring (bicyclic) bond motifs is 1. The van der Waals surface area contributed by atoms with Crippen LogP contribution in [-0.4, -0.2) is 50.2 Å². The maximum Gasteiger partial charge on any atom is 0.332 e. The molecular formula is C12H19N6O2+. The van der Waals surface area contributed by atoms with Gasteiger partial charge in [0.2, 0.25) is 6.34 Å². The maximum absolute atomic E-state index is 12.2. The van der Waals surface area contributed by atoms with E-state index >= 15 is 0 Å². The zero-order chi connectivity index (χ0) is 14.9. The number of nitrogens with one attached hydrogen (secondary N) is 1. The summed E-state index contributed by atoms with van der Waals surface area (Å²) in [6, 6.07) is 0. The van der Waals surface area contributed by atoms with Crippen molar-refractivity contribution in [3.8, 4) is 0 Å². The van der Waals surface area contributed by atoms with Gasteiger partial charge in [-0.2, -0.15) is 0 Å². The third kappa shape index (κ3) is 2.36. The first-order chi connectivity index (χ1) is 9.43. The lowest BCUT2D eigenvalue weighted by Crippen LogP contribution is -2.37. The Morgan fingerprint density at radius 3 is 2.65 bits per heavy atom. The first-order valence-corrected chi connectivity index (χ1v) is 6.27. The molecule has 0 saturated carbocycles. The molecule has 2 aromatic rings. The van der Waals surface area contributed by atoms with E-state index < -0.39 is 0 Å². The van der Waals surface area contributed by atoms with Gasteiger partial charge in [0.25, 0.3) is 5.56 Å². The Labute approximate surface area is 115 Å². The minimum atomic E-state index is -0.369. The number of hydrogen-bond donors (Lipinski definition) is 1. The van der Waals surface area contributed by atoms with Crippen LogP contribution in [-0.2, 0) is 20.6 Å². The predicted octanol–water partition coefficient (Wildman–Crippen LogP) is -1.68. The van der Waals surface area contributed by atoms with Gasteiger partial charge in [-0.25, -0.2) is 9.78 Å². The minimum absolute atomic E-state index is 0.322. The highest BCUT2D eigenvalue weighted by molar-refractivity contribution is 5.69. The van der Waals surface area contributed by atoms with E-state index in [0.29, 0.717) is 24.3 Å². The van der Waals surface area contributed by atoms with Crippen LogP contribution in [0.3, 0.4) is 0 Å². The van der Waals surface area contributed by atoms with Crippen LogP contribution in [0.25, 0.3) is 11.2 Å². The molecule has 20 heavy (non-hydrogen) atoms. The lowest BCUT2D eigenvalue weighted by molar-refractivity contribution is -0.461. The lowest BCUT2D eigenvalue weighted by Gasteiger charge is -2.05. The molecule has 2 heterocycles. The second-order valence-corrected chi connectivity index (χ2v) is 4.86. The van der Waals surface area contributed by atoms with E-state index in [1.165, 1.54) is 11.6 Å². The highest BCUT2D eigenvalue weighted by atomic mass is 16.2. The Bertz CT molecular complexity index is 776. The fourth-order valence-corrected chi connectivity index (χ4v) is 2.00. The zero-order valence-corrected chi connectivity index (χ0v) is 12.1. The molecule has 0 radical (unpaired) electrons. The molecular weight excluding hydrogens is 260 g/mol. The largest absolute Gasteiger partial charge is 0.332 e. The van der Waals surface area contributed by atoms with Gasteiger partial charge >= 0.3 is 5.69 Å². The molecule has 0 unspecified atom stereocenters.